The Bertz CT molecular complexity index is 312. The van der Waals surface area contributed by atoms with Gasteiger partial charge in [-0.05, 0) is 6.54 Å². The Morgan fingerprint density at radius 3 is 2.69 bits per heavy atom. The van der Waals surface area contributed by atoms with Crippen LogP contribution in [0.2, 0.25) is 0 Å². The van der Waals surface area contributed by atoms with Crippen molar-refractivity contribution in [2.24, 2.45) is 5.73 Å². The Balaban J connectivity index is 3.11. The van der Waals surface area contributed by atoms with Crippen LogP contribution in [0.25, 0.3) is 0 Å². The second-order valence-electron chi connectivity index (χ2n) is 2.95. The number of nitro benzene ring substituents is 1. The van der Waals surface area contributed by atoms with E-state index >= 15 is 0 Å². The number of hydrogen-bond acceptors (Lipinski definition) is 3. The van der Waals surface area contributed by atoms with Gasteiger partial charge >= 0.3 is 0 Å². The lowest BCUT2D eigenvalue weighted by Gasteiger charge is -2.08. The molecule has 1 aromatic carbocycles. The van der Waals surface area contributed by atoms with Crippen molar-refractivity contribution in [3.63, 3.8) is 0 Å². The Morgan fingerprint density at radius 1 is 1.54 bits per heavy atom. The quantitative estimate of drug-likeness (QED) is 0.568. The SMILES string of the molecule is C[C@@H](CN)c1ccccc1[N+](=O)[O-]. The molecule has 0 fully saturated rings. The third-order valence-corrected chi connectivity index (χ3v) is 2.02. The highest BCUT2D eigenvalue weighted by molar-refractivity contribution is 5.42. The summed E-state index contributed by atoms with van der Waals surface area (Å²) in [5.41, 5.74) is 6.31. The van der Waals surface area contributed by atoms with Crippen LogP contribution in [-0.2, 0) is 0 Å². The van der Waals surface area contributed by atoms with Gasteiger partial charge in [0.05, 0.1) is 4.92 Å². The van der Waals surface area contributed by atoms with Crippen LogP contribution in [0.15, 0.2) is 24.3 Å². The number of benzene rings is 1. The Labute approximate surface area is 76.5 Å². The summed E-state index contributed by atoms with van der Waals surface area (Å²) in [6.45, 7) is 2.30. The van der Waals surface area contributed by atoms with Gasteiger partial charge in [-0.15, -0.1) is 0 Å². The van der Waals surface area contributed by atoms with Crippen molar-refractivity contribution in [1.82, 2.24) is 0 Å². The number of hydrogen-bond donors (Lipinski definition) is 1. The molecule has 0 amide bonds. The van der Waals surface area contributed by atoms with Gasteiger partial charge in [-0.25, -0.2) is 0 Å². The van der Waals surface area contributed by atoms with Crippen molar-refractivity contribution in [2.45, 2.75) is 12.8 Å². The molecule has 4 heteroatoms. The molecule has 13 heavy (non-hydrogen) atoms. The average Bonchev–Trinajstić information content (AvgIpc) is 2.16. The van der Waals surface area contributed by atoms with E-state index in [1.165, 1.54) is 6.07 Å². The summed E-state index contributed by atoms with van der Waals surface area (Å²) < 4.78 is 0. The Morgan fingerprint density at radius 2 is 2.15 bits per heavy atom. The van der Waals surface area contributed by atoms with Gasteiger partial charge in [0, 0.05) is 17.5 Å². The first-order valence-corrected chi connectivity index (χ1v) is 4.10. The van der Waals surface area contributed by atoms with Gasteiger partial charge in [0.1, 0.15) is 0 Å². The summed E-state index contributed by atoms with van der Waals surface area (Å²) in [7, 11) is 0. The highest BCUT2D eigenvalue weighted by Crippen LogP contribution is 2.24. The lowest BCUT2D eigenvalue weighted by molar-refractivity contribution is -0.385. The zero-order chi connectivity index (χ0) is 9.84. The lowest BCUT2D eigenvalue weighted by atomic mass is 10.00. The maximum Gasteiger partial charge on any atom is 0.272 e. The summed E-state index contributed by atoms with van der Waals surface area (Å²) in [6, 6.07) is 6.69. The zero-order valence-corrected chi connectivity index (χ0v) is 7.43. The van der Waals surface area contributed by atoms with Crippen LogP contribution in [0.1, 0.15) is 18.4 Å². The third kappa shape index (κ3) is 2.03. The van der Waals surface area contributed by atoms with Crippen LogP contribution in [-0.4, -0.2) is 11.5 Å². The number of nitrogens with zero attached hydrogens (tertiary/aromatic N) is 1. The molecule has 1 aromatic rings. The Kier molecular flexibility index (Phi) is 2.97. The second kappa shape index (κ2) is 4.00. The molecule has 4 nitrogen and oxygen atoms in total. The molecular weight excluding hydrogens is 168 g/mol. The van der Waals surface area contributed by atoms with Crippen molar-refractivity contribution in [3.05, 3.63) is 39.9 Å². The molecule has 0 unspecified atom stereocenters. The van der Waals surface area contributed by atoms with E-state index in [1.54, 1.807) is 18.2 Å². The largest absolute Gasteiger partial charge is 0.330 e. The molecule has 0 radical (unpaired) electrons. The number of rotatable bonds is 3. The van der Waals surface area contributed by atoms with Crippen LogP contribution < -0.4 is 5.73 Å². The predicted molar refractivity (Wildman–Crippen MR) is 50.6 cm³/mol. The van der Waals surface area contributed by atoms with E-state index in [9.17, 15) is 10.1 Å². The molecule has 0 saturated carbocycles. The molecule has 0 aliphatic rings. The maximum atomic E-state index is 10.6. The second-order valence-corrected chi connectivity index (χ2v) is 2.95. The van der Waals surface area contributed by atoms with Crippen molar-refractivity contribution < 1.29 is 4.92 Å². The van der Waals surface area contributed by atoms with E-state index < -0.39 is 0 Å². The van der Waals surface area contributed by atoms with E-state index in [2.05, 4.69) is 0 Å². The minimum atomic E-state index is -0.374. The monoisotopic (exact) mass is 180 g/mol. The number of nitro groups is 1. The average molecular weight is 180 g/mol. The van der Waals surface area contributed by atoms with Gasteiger partial charge in [-0.3, -0.25) is 10.1 Å². The van der Waals surface area contributed by atoms with Gasteiger partial charge in [-0.1, -0.05) is 25.1 Å². The van der Waals surface area contributed by atoms with Gasteiger partial charge < -0.3 is 5.73 Å². The summed E-state index contributed by atoms with van der Waals surface area (Å²) in [6.07, 6.45) is 0. The van der Waals surface area contributed by atoms with Crippen LogP contribution in [0, 0.1) is 10.1 Å². The molecule has 2 N–H and O–H groups in total. The molecule has 0 aliphatic carbocycles. The summed E-state index contributed by atoms with van der Waals surface area (Å²) in [5, 5.41) is 10.6. The van der Waals surface area contributed by atoms with Gasteiger partial charge in [-0.2, -0.15) is 0 Å². The first-order valence-electron chi connectivity index (χ1n) is 4.10. The standard InChI is InChI=1S/C9H12N2O2/c1-7(6-10)8-4-2-3-5-9(8)11(12)13/h2-5,7H,6,10H2,1H3/t7-/m0/s1. The molecule has 0 spiro atoms. The maximum absolute atomic E-state index is 10.6. The van der Waals surface area contributed by atoms with Crippen LogP contribution in [0.4, 0.5) is 5.69 Å². The molecule has 0 saturated heterocycles. The van der Waals surface area contributed by atoms with E-state index in [1.807, 2.05) is 6.92 Å². The fourth-order valence-corrected chi connectivity index (χ4v) is 1.20. The zero-order valence-electron chi connectivity index (χ0n) is 7.43. The van der Waals surface area contributed by atoms with Gasteiger partial charge in [0.2, 0.25) is 0 Å². The first-order chi connectivity index (χ1) is 6.16. The minimum absolute atomic E-state index is 0.0293. The normalized spacial score (nSPS) is 12.5. The van der Waals surface area contributed by atoms with Crippen molar-refractivity contribution in [1.29, 1.82) is 0 Å². The number of para-hydroxylation sites is 1. The van der Waals surface area contributed by atoms with Crippen LogP contribution in [0.3, 0.4) is 0 Å². The van der Waals surface area contributed by atoms with Crippen molar-refractivity contribution >= 4 is 5.69 Å². The molecule has 0 bridgehead atoms. The van der Waals surface area contributed by atoms with Gasteiger partial charge in [0.25, 0.3) is 5.69 Å². The van der Waals surface area contributed by atoms with Gasteiger partial charge in [0.15, 0.2) is 0 Å². The molecule has 0 heterocycles. The molecule has 1 atom stereocenters. The molecular formula is C9H12N2O2. The predicted octanol–water partition coefficient (Wildman–Crippen LogP) is 1.66. The van der Waals surface area contributed by atoms with Crippen LogP contribution in [0.5, 0.6) is 0 Å². The fourth-order valence-electron chi connectivity index (χ4n) is 1.20. The molecule has 70 valence electrons. The molecule has 0 aromatic heterocycles. The fraction of sp³-hybridized carbons (Fsp3) is 0.333. The Hall–Kier alpha value is -1.42. The van der Waals surface area contributed by atoms with Crippen molar-refractivity contribution in [2.75, 3.05) is 6.54 Å². The van der Waals surface area contributed by atoms with E-state index in [4.69, 9.17) is 5.73 Å². The summed E-state index contributed by atoms with van der Waals surface area (Å²) in [4.78, 5) is 10.2. The number of nitrogens with two attached hydrogens (primary N) is 1. The highest BCUT2D eigenvalue weighted by atomic mass is 16.6. The van der Waals surface area contributed by atoms with Crippen molar-refractivity contribution in [3.8, 4) is 0 Å². The van der Waals surface area contributed by atoms with E-state index in [0.717, 1.165) is 0 Å². The first kappa shape index (κ1) is 9.67. The topological polar surface area (TPSA) is 69.2 Å². The van der Waals surface area contributed by atoms with E-state index in [-0.39, 0.29) is 16.5 Å². The molecule has 0 aliphatic heterocycles. The smallest absolute Gasteiger partial charge is 0.272 e. The highest BCUT2D eigenvalue weighted by Gasteiger charge is 2.16. The summed E-state index contributed by atoms with van der Waals surface area (Å²) in [5.74, 6) is 0.0293. The summed E-state index contributed by atoms with van der Waals surface area (Å²) >= 11 is 0. The van der Waals surface area contributed by atoms with Crippen LogP contribution >= 0.6 is 0 Å². The minimum Gasteiger partial charge on any atom is -0.330 e. The molecule has 1 rings (SSSR count). The lowest BCUT2D eigenvalue weighted by Crippen LogP contribution is -2.10. The van der Waals surface area contributed by atoms with E-state index in [0.29, 0.717) is 12.1 Å². The third-order valence-electron chi connectivity index (χ3n) is 2.02.